The fourth-order valence-electron chi connectivity index (χ4n) is 5.21. The molecule has 0 spiro atoms. The van der Waals surface area contributed by atoms with E-state index >= 15 is 0 Å². The van der Waals surface area contributed by atoms with Crippen LogP contribution in [0.1, 0.15) is 77.5 Å². The zero-order valence-electron chi connectivity index (χ0n) is 21.1. The molecule has 2 aromatic rings. The number of carbonyl (C=O) groups excluding carboxylic acids is 3. The molecule has 2 bridgehead atoms. The highest BCUT2D eigenvalue weighted by Crippen LogP contribution is 2.38. The zero-order valence-corrected chi connectivity index (χ0v) is 21.1. The number of nitrogens with zero attached hydrogens (tertiary/aromatic N) is 2. The van der Waals surface area contributed by atoms with Crippen LogP contribution in [0.2, 0.25) is 0 Å². The van der Waals surface area contributed by atoms with E-state index in [2.05, 4.69) is 20.5 Å². The van der Waals surface area contributed by atoms with Crippen LogP contribution in [0.15, 0.2) is 36.5 Å². The highest BCUT2D eigenvalue weighted by molar-refractivity contribution is 6.02. The van der Waals surface area contributed by atoms with Crippen molar-refractivity contribution in [3.05, 3.63) is 53.2 Å². The Bertz CT molecular complexity index is 1100. The number of nitrogens with two attached hydrogens (primary N) is 1. The number of ketones is 1. The Labute approximate surface area is 211 Å². The van der Waals surface area contributed by atoms with Crippen molar-refractivity contribution in [2.45, 2.75) is 70.7 Å². The molecular formula is C27H35N5O4. The van der Waals surface area contributed by atoms with Crippen LogP contribution in [0, 0.1) is 0 Å². The summed E-state index contributed by atoms with van der Waals surface area (Å²) in [5.41, 5.74) is 7.47. The fraction of sp³-hybridized carbons (Fsp3) is 0.481. The first-order chi connectivity index (χ1) is 17.2. The number of piperidine rings is 1. The predicted octanol–water partition coefficient (Wildman–Crippen LogP) is 3.15. The molecule has 0 radical (unpaired) electrons. The number of ether oxygens (including phenoxy) is 1. The highest BCUT2D eigenvalue weighted by Gasteiger charge is 2.41. The molecule has 1 aromatic carbocycles. The number of anilines is 2. The molecule has 2 amide bonds. The van der Waals surface area contributed by atoms with Gasteiger partial charge in [0.15, 0.2) is 5.78 Å². The van der Waals surface area contributed by atoms with Crippen molar-refractivity contribution in [2.24, 2.45) is 5.73 Å². The first-order valence-electron chi connectivity index (χ1n) is 12.6. The fourth-order valence-corrected chi connectivity index (χ4v) is 5.21. The molecule has 9 nitrogen and oxygen atoms in total. The summed E-state index contributed by atoms with van der Waals surface area (Å²) >= 11 is 0. The second-order valence-electron chi connectivity index (χ2n) is 9.87. The van der Waals surface area contributed by atoms with Gasteiger partial charge in [-0.1, -0.05) is 0 Å². The van der Waals surface area contributed by atoms with Crippen molar-refractivity contribution < 1.29 is 19.1 Å². The van der Waals surface area contributed by atoms with Gasteiger partial charge in [-0.2, -0.15) is 0 Å². The maximum atomic E-state index is 13.1. The van der Waals surface area contributed by atoms with E-state index < -0.39 is 5.91 Å². The van der Waals surface area contributed by atoms with Crippen LogP contribution in [0.3, 0.4) is 0 Å². The summed E-state index contributed by atoms with van der Waals surface area (Å²) in [6, 6.07) is 9.28. The summed E-state index contributed by atoms with van der Waals surface area (Å²) in [4.78, 5) is 43.4. The number of primary amides is 1. The van der Waals surface area contributed by atoms with E-state index in [1.54, 1.807) is 24.4 Å². The van der Waals surface area contributed by atoms with Crippen molar-refractivity contribution in [3.63, 3.8) is 0 Å². The molecule has 1 aromatic heterocycles. The molecule has 0 saturated carbocycles. The van der Waals surface area contributed by atoms with Gasteiger partial charge in [0, 0.05) is 47.7 Å². The van der Waals surface area contributed by atoms with Crippen LogP contribution in [0.4, 0.5) is 11.5 Å². The number of Topliss-reactive ketones (excluding diaryl/α,β-unsaturated/α-hetero) is 1. The van der Waals surface area contributed by atoms with Gasteiger partial charge in [0.25, 0.3) is 11.8 Å². The minimum atomic E-state index is -0.553. The average molecular weight is 494 g/mol. The number of carbonyl (C=O) groups is 3. The smallest absolute Gasteiger partial charge is 0.251 e. The third-order valence-electron chi connectivity index (χ3n) is 6.90. The molecule has 4 rings (SSSR count). The normalized spacial score (nSPS) is 20.9. The Morgan fingerprint density at radius 3 is 2.39 bits per heavy atom. The van der Waals surface area contributed by atoms with Gasteiger partial charge in [-0.15, -0.1) is 0 Å². The van der Waals surface area contributed by atoms with E-state index in [9.17, 15) is 14.4 Å². The second kappa shape index (κ2) is 11.1. The number of nitrogens with one attached hydrogen (secondary N) is 2. The summed E-state index contributed by atoms with van der Waals surface area (Å²) in [6.07, 6.45) is 5.50. The second-order valence-corrected chi connectivity index (χ2v) is 9.87. The van der Waals surface area contributed by atoms with E-state index in [1.165, 1.54) is 6.92 Å². The lowest BCUT2D eigenvalue weighted by molar-refractivity contribution is 0.0869. The Balaban J connectivity index is 1.40. The first-order valence-corrected chi connectivity index (χ1v) is 12.6. The topological polar surface area (TPSA) is 127 Å². The van der Waals surface area contributed by atoms with E-state index in [1.807, 2.05) is 26.0 Å². The van der Waals surface area contributed by atoms with Crippen LogP contribution in [-0.2, 0) is 4.74 Å². The Kier molecular flexibility index (Phi) is 7.88. The van der Waals surface area contributed by atoms with Crippen molar-refractivity contribution in [1.29, 1.82) is 0 Å². The summed E-state index contributed by atoms with van der Waals surface area (Å²) < 4.78 is 5.54. The van der Waals surface area contributed by atoms with Gasteiger partial charge in [-0.25, -0.2) is 4.98 Å². The van der Waals surface area contributed by atoms with E-state index in [-0.39, 0.29) is 23.8 Å². The number of fused-ring (bicyclic) bond motifs is 2. The predicted molar refractivity (Wildman–Crippen MR) is 139 cm³/mol. The van der Waals surface area contributed by atoms with E-state index in [0.29, 0.717) is 47.6 Å². The van der Waals surface area contributed by atoms with Gasteiger partial charge in [0.1, 0.15) is 5.82 Å². The third kappa shape index (κ3) is 5.84. The summed E-state index contributed by atoms with van der Waals surface area (Å²) in [5.74, 6) is 0.165. The molecule has 3 heterocycles. The van der Waals surface area contributed by atoms with E-state index in [4.69, 9.17) is 10.5 Å². The maximum Gasteiger partial charge on any atom is 0.251 e. The third-order valence-corrected chi connectivity index (χ3v) is 6.90. The van der Waals surface area contributed by atoms with Gasteiger partial charge in [0.05, 0.1) is 18.3 Å². The molecule has 2 fully saturated rings. The Morgan fingerprint density at radius 1 is 1.11 bits per heavy atom. The number of aromatic nitrogens is 1. The van der Waals surface area contributed by atoms with E-state index in [0.717, 1.165) is 31.5 Å². The van der Waals surface area contributed by atoms with Crippen molar-refractivity contribution >= 4 is 29.1 Å². The molecule has 36 heavy (non-hydrogen) atoms. The quantitative estimate of drug-likeness (QED) is 0.343. The zero-order chi connectivity index (χ0) is 25.8. The maximum absolute atomic E-state index is 13.1. The van der Waals surface area contributed by atoms with Gasteiger partial charge in [-0.3, -0.25) is 14.4 Å². The lowest BCUT2D eigenvalue weighted by Gasteiger charge is -2.40. The van der Waals surface area contributed by atoms with Crippen LogP contribution >= 0.6 is 0 Å². The molecule has 2 aliphatic rings. The van der Waals surface area contributed by atoms with Gasteiger partial charge in [-0.05, 0) is 76.8 Å². The highest BCUT2D eigenvalue weighted by atomic mass is 16.5. The van der Waals surface area contributed by atoms with Crippen LogP contribution in [0.5, 0.6) is 0 Å². The minimum Gasteiger partial charge on any atom is -0.382 e. The molecular weight excluding hydrogens is 458 g/mol. The largest absolute Gasteiger partial charge is 0.382 e. The van der Waals surface area contributed by atoms with Gasteiger partial charge in [0.2, 0.25) is 0 Å². The number of amides is 2. The molecule has 2 saturated heterocycles. The average Bonchev–Trinajstić information content (AvgIpc) is 3.11. The Morgan fingerprint density at radius 2 is 1.81 bits per heavy atom. The van der Waals surface area contributed by atoms with Crippen molar-refractivity contribution in [3.8, 4) is 0 Å². The number of hydrogen-bond acceptors (Lipinski definition) is 7. The monoisotopic (exact) mass is 493 g/mol. The SMILES string of the molecule is CC(=O)c1ccc(N2C3CCC2CC(NC(=O)c2ccc(C(N)=O)c(NCCOC(C)C)c2)C3)nc1. The number of rotatable bonds is 10. The lowest BCUT2D eigenvalue weighted by atomic mass is 9.96. The minimum absolute atomic E-state index is 0.00422. The molecule has 9 heteroatoms. The standard InChI is InChI=1S/C27H35N5O4/c1-16(2)36-11-10-29-24-12-18(4-8-23(24)26(28)34)27(35)31-20-13-21-6-7-22(14-20)32(21)25-9-5-19(15-30-25)17(3)33/h4-5,8-9,12,15-16,20-22,29H,6-7,10-11,13-14H2,1-3H3,(H2,28,34)(H,31,35). The molecule has 0 aliphatic carbocycles. The van der Waals surface area contributed by atoms with Crippen molar-refractivity contribution in [1.82, 2.24) is 10.3 Å². The first kappa shape index (κ1) is 25.6. The van der Waals surface area contributed by atoms with Gasteiger partial charge >= 0.3 is 0 Å². The molecule has 2 unspecified atom stereocenters. The lowest BCUT2D eigenvalue weighted by Crippen LogP contribution is -2.50. The molecule has 192 valence electrons. The number of hydrogen-bond donors (Lipinski definition) is 3. The number of benzene rings is 1. The van der Waals surface area contributed by atoms with Crippen LogP contribution < -0.4 is 21.3 Å². The summed E-state index contributed by atoms with van der Waals surface area (Å²) in [5, 5.41) is 6.36. The van der Waals surface area contributed by atoms with Crippen molar-refractivity contribution in [2.75, 3.05) is 23.4 Å². The summed E-state index contributed by atoms with van der Waals surface area (Å²) in [6.45, 7) is 6.41. The number of pyridine rings is 1. The molecule has 4 N–H and O–H groups in total. The van der Waals surface area contributed by atoms with Crippen LogP contribution in [0.25, 0.3) is 0 Å². The molecule has 2 atom stereocenters. The molecule has 2 aliphatic heterocycles. The van der Waals surface area contributed by atoms with Crippen LogP contribution in [-0.4, -0.2) is 60.0 Å². The van der Waals surface area contributed by atoms with Gasteiger partial charge < -0.3 is 26.0 Å². The Hall–Kier alpha value is -3.46. The summed E-state index contributed by atoms with van der Waals surface area (Å²) in [7, 11) is 0.